The second kappa shape index (κ2) is 9.19. The fraction of sp³-hybridized carbons (Fsp3) is 0.933. The lowest BCUT2D eigenvalue weighted by molar-refractivity contribution is 0.118. The van der Waals surface area contributed by atoms with Gasteiger partial charge in [0.1, 0.15) is 0 Å². The third-order valence-corrected chi connectivity index (χ3v) is 4.15. The number of ether oxygens (including phenoxy) is 1. The second-order valence-electron chi connectivity index (χ2n) is 5.90. The molecule has 0 aromatic carbocycles. The van der Waals surface area contributed by atoms with Gasteiger partial charge < -0.3 is 20.7 Å². The highest BCUT2D eigenvalue weighted by atomic mass is 16.5. The fourth-order valence-electron chi connectivity index (χ4n) is 2.92. The minimum absolute atomic E-state index is 0.285. The van der Waals surface area contributed by atoms with Crippen LogP contribution in [0.5, 0.6) is 0 Å². The zero-order chi connectivity index (χ0) is 14.0. The molecule has 5 heteroatoms. The van der Waals surface area contributed by atoms with Crippen molar-refractivity contribution >= 4 is 5.96 Å². The van der Waals surface area contributed by atoms with Gasteiger partial charge in [-0.15, -0.1) is 0 Å². The summed E-state index contributed by atoms with van der Waals surface area (Å²) in [6.07, 6.45) is 9.21. The zero-order valence-corrected chi connectivity index (χ0v) is 12.6. The van der Waals surface area contributed by atoms with Crippen LogP contribution in [0.4, 0.5) is 0 Å². The molecule has 0 aromatic rings. The van der Waals surface area contributed by atoms with E-state index in [-0.39, 0.29) is 6.10 Å². The largest absolute Gasteiger partial charge is 0.376 e. The Kier molecular flexibility index (Phi) is 7.15. The van der Waals surface area contributed by atoms with Gasteiger partial charge in [-0.1, -0.05) is 12.8 Å². The van der Waals surface area contributed by atoms with Gasteiger partial charge in [0.15, 0.2) is 5.96 Å². The highest BCUT2D eigenvalue weighted by molar-refractivity contribution is 5.77. The standard InChI is InChI=1S/C15H30N4O/c16-15(18-13-14-7-5-12-20-14)17-8-6-11-19-9-3-1-2-4-10-19/h14H,1-13H2,(H3,16,17,18). The molecule has 5 nitrogen and oxygen atoms in total. The molecule has 0 aliphatic carbocycles. The van der Waals surface area contributed by atoms with Crippen LogP contribution in [0.3, 0.4) is 0 Å². The topological polar surface area (TPSA) is 62.9 Å². The summed E-state index contributed by atoms with van der Waals surface area (Å²) in [4.78, 5) is 6.93. The van der Waals surface area contributed by atoms with Gasteiger partial charge in [-0.2, -0.15) is 0 Å². The van der Waals surface area contributed by atoms with Crippen molar-refractivity contribution in [3.05, 3.63) is 0 Å². The molecular weight excluding hydrogens is 252 g/mol. The van der Waals surface area contributed by atoms with Crippen LogP contribution in [0.15, 0.2) is 4.99 Å². The van der Waals surface area contributed by atoms with Crippen molar-refractivity contribution in [2.75, 3.05) is 39.3 Å². The van der Waals surface area contributed by atoms with E-state index in [9.17, 15) is 0 Å². The molecule has 20 heavy (non-hydrogen) atoms. The summed E-state index contributed by atoms with van der Waals surface area (Å²) >= 11 is 0. The first-order valence-corrected chi connectivity index (χ1v) is 8.22. The molecule has 1 atom stereocenters. The summed E-state index contributed by atoms with van der Waals surface area (Å²) in [5, 5.41) is 3.21. The maximum Gasteiger partial charge on any atom is 0.188 e. The molecule has 2 rings (SSSR count). The van der Waals surface area contributed by atoms with Crippen LogP contribution in [0.2, 0.25) is 0 Å². The number of likely N-dealkylation sites (tertiary alicyclic amines) is 1. The Balaban J connectivity index is 1.51. The van der Waals surface area contributed by atoms with E-state index in [1.807, 2.05) is 0 Å². The van der Waals surface area contributed by atoms with Gasteiger partial charge in [-0.25, -0.2) is 0 Å². The average Bonchev–Trinajstić information content (AvgIpc) is 2.84. The molecule has 2 fully saturated rings. The van der Waals surface area contributed by atoms with E-state index in [0.717, 1.165) is 32.4 Å². The van der Waals surface area contributed by atoms with Crippen molar-refractivity contribution < 1.29 is 4.74 Å². The van der Waals surface area contributed by atoms with E-state index in [0.29, 0.717) is 12.5 Å². The highest BCUT2D eigenvalue weighted by Crippen LogP contribution is 2.11. The van der Waals surface area contributed by atoms with Crippen molar-refractivity contribution in [3.63, 3.8) is 0 Å². The Morgan fingerprint density at radius 3 is 2.70 bits per heavy atom. The molecule has 2 aliphatic rings. The third-order valence-electron chi connectivity index (χ3n) is 4.15. The van der Waals surface area contributed by atoms with Crippen molar-refractivity contribution in [1.29, 1.82) is 0 Å². The number of guanidine groups is 1. The summed E-state index contributed by atoms with van der Waals surface area (Å²) in [5.41, 5.74) is 5.87. The van der Waals surface area contributed by atoms with E-state index < -0.39 is 0 Å². The molecule has 0 radical (unpaired) electrons. The molecular formula is C15H30N4O. The summed E-state index contributed by atoms with van der Waals surface area (Å²) in [7, 11) is 0. The molecule has 1 unspecified atom stereocenters. The normalized spacial score (nSPS) is 25.6. The summed E-state index contributed by atoms with van der Waals surface area (Å²) in [5.74, 6) is 0.566. The van der Waals surface area contributed by atoms with E-state index in [4.69, 9.17) is 10.5 Å². The van der Waals surface area contributed by atoms with Crippen molar-refractivity contribution in [2.45, 2.75) is 51.0 Å². The Morgan fingerprint density at radius 1 is 1.20 bits per heavy atom. The minimum atomic E-state index is 0.285. The first-order valence-electron chi connectivity index (χ1n) is 8.22. The quantitative estimate of drug-likeness (QED) is 0.438. The van der Waals surface area contributed by atoms with Crippen LogP contribution in [0.25, 0.3) is 0 Å². The van der Waals surface area contributed by atoms with E-state index in [2.05, 4.69) is 15.2 Å². The second-order valence-corrected chi connectivity index (χ2v) is 5.90. The molecule has 0 saturated carbocycles. The smallest absolute Gasteiger partial charge is 0.188 e. The fourth-order valence-corrected chi connectivity index (χ4v) is 2.92. The molecule has 2 aliphatic heterocycles. The van der Waals surface area contributed by atoms with Crippen LogP contribution < -0.4 is 11.1 Å². The van der Waals surface area contributed by atoms with Crippen molar-refractivity contribution in [2.24, 2.45) is 10.7 Å². The number of nitrogens with two attached hydrogens (primary N) is 1. The van der Waals surface area contributed by atoms with Crippen LogP contribution in [-0.4, -0.2) is 56.3 Å². The molecule has 0 spiro atoms. The summed E-state index contributed by atoms with van der Waals surface area (Å²) in [6.45, 7) is 6.20. The van der Waals surface area contributed by atoms with E-state index in [1.54, 1.807) is 0 Å². The summed E-state index contributed by atoms with van der Waals surface area (Å²) in [6, 6.07) is 0. The number of hydrogen-bond donors (Lipinski definition) is 2. The first kappa shape index (κ1) is 15.6. The molecule has 0 amide bonds. The van der Waals surface area contributed by atoms with Crippen molar-refractivity contribution in [1.82, 2.24) is 10.2 Å². The lowest BCUT2D eigenvalue weighted by Gasteiger charge is -2.19. The number of rotatable bonds is 6. The van der Waals surface area contributed by atoms with Crippen molar-refractivity contribution in [3.8, 4) is 0 Å². The van der Waals surface area contributed by atoms with E-state index in [1.165, 1.54) is 45.3 Å². The molecule has 0 aromatic heterocycles. The van der Waals surface area contributed by atoms with Crippen LogP contribution in [0, 0.1) is 0 Å². The minimum Gasteiger partial charge on any atom is -0.376 e. The number of nitrogens with one attached hydrogen (secondary N) is 1. The SMILES string of the molecule is NC(=NCC1CCCO1)NCCCN1CCCCCC1. The molecule has 116 valence electrons. The number of aliphatic imine (C=N–C) groups is 1. The van der Waals surface area contributed by atoms with Crippen LogP contribution in [-0.2, 0) is 4.74 Å². The van der Waals surface area contributed by atoms with Crippen LogP contribution >= 0.6 is 0 Å². The third kappa shape index (κ3) is 6.09. The lowest BCUT2D eigenvalue weighted by Crippen LogP contribution is -2.35. The Morgan fingerprint density at radius 2 is 2.00 bits per heavy atom. The van der Waals surface area contributed by atoms with Crippen LogP contribution in [0.1, 0.15) is 44.9 Å². The predicted molar refractivity (Wildman–Crippen MR) is 83.0 cm³/mol. The Bertz CT molecular complexity index is 282. The first-order chi connectivity index (χ1) is 9.84. The molecule has 2 heterocycles. The number of hydrogen-bond acceptors (Lipinski definition) is 3. The zero-order valence-electron chi connectivity index (χ0n) is 12.6. The number of nitrogens with zero attached hydrogens (tertiary/aromatic N) is 2. The maximum absolute atomic E-state index is 5.87. The molecule has 3 N–H and O–H groups in total. The average molecular weight is 282 g/mol. The lowest BCUT2D eigenvalue weighted by atomic mass is 10.2. The van der Waals surface area contributed by atoms with Gasteiger partial charge in [-0.3, -0.25) is 4.99 Å². The maximum atomic E-state index is 5.87. The monoisotopic (exact) mass is 282 g/mol. The van der Waals surface area contributed by atoms with Gasteiger partial charge in [0, 0.05) is 13.2 Å². The molecule has 0 bridgehead atoms. The van der Waals surface area contributed by atoms with E-state index >= 15 is 0 Å². The Labute approximate surface area is 122 Å². The van der Waals surface area contributed by atoms with Gasteiger partial charge >= 0.3 is 0 Å². The summed E-state index contributed by atoms with van der Waals surface area (Å²) < 4.78 is 5.52. The van der Waals surface area contributed by atoms with Gasteiger partial charge in [0.25, 0.3) is 0 Å². The van der Waals surface area contributed by atoms with Gasteiger partial charge in [0.05, 0.1) is 12.6 Å². The van der Waals surface area contributed by atoms with Gasteiger partial charge in [-0.05, 0) is 51.7 Å². The van der Waals surface area contributed by atoms with Gasteiger partial charge in [0.2, 0.25) is 0 Å². The molecule has 2 saturated heterocycles. The highest BCUT2D eigenvalue weighted by Gasteiger charge is 2.14. The Hall–Kier alpha value is -0.810. The predicted octanol–water partition coefficient (Wildman–Crippen LogP) is 1.34.